The zero-order chi connectivity index (χ0) is 26.2. The molecule has 0 radical (unpaired) electrons. The number of rotatable bonds is 3. The molecule has 1 fully saturated rings. The highest BCUT2D eigenvalue weighted by Gasteiger charge is 2.54. The molecule has 2 aromatic heterocycles. The third-order valence-electron chi connectivity index (χ3n) is 6.97. The van der Waals surface area contributed by atoms with Gasteiger partial charge in [0.2, 0.25) is 0 Å². The Morgan fingerprint density at radius 3 is 2.49 bits per heavy atom. The Kier molecular flexibility index (Phi) is 5.34. The van der Waals surface area contributed by atoms with Gasteiger partial charge in [0.1, 0.15) is 11.4 Å². The van der Waals surface area contributed by atoms with E-state index in [0.717, 1.165) is 39.4 Å². The molecule has 1 amide bonds. The number of carbonyl (C=O) groups is 1. The predicted octanol–water partition coefficient (Wildman–Crippen LogP) is 6.49. The van der Waals surface area contributed by atoms with Crippen molar-refractivity contribution < 1.29 is 17.9 Å². The van der Waals surface area contributed by atoms with E-state index in [9.17, 15) is 13.2 Å². The van der Waals surface area contributed by atoms with E-state index in [-0.39, 0.29) is 10.3 Å². The molecular formula is C28H26BrN3O4S. The average Bonchev–Trinajstić information content (AvgIpc) is 3.42. The van der Waals surface area contributed by atoms with Crippen LogP contribution in [-0.4, -0.2) is 35.6 Å². The first kappa shape index (κ1) is 24.2. The van der Waals surface area contributed by atoms with Crippen molar-refractivity contribution in [2.24, 2.45) is 0 Å². The van der Waals surface area contributed by atoms with Gasteiger partial charge in [-0.1, -0.05) is 40.2 Å². The Labute approximate surface area is 224 Å². The molecule has 2 aromatic carbocycles. The number of halogens is 1. The van der Waals surface area contributed by atoms with E-state index < -0.39 is 21.7 Å². The van der Waals surface area contributed by atoms with Crippen molar-refractivity contribution in [3.05, 3.63) is 77.0 Å². The molecule has 6 rings (SSSR count). The van der Waals surface area contributed by atoms with Crippen LogP contribution in [0.25, 0.3) is 22.0 Å². The predicted molar refractivity (Wildman–Crippen MR) is 146 cm³/mol. The minimum atomic E-state index is -3.82. The fourth-order valence-electron chi connectivity index (χ4n) is 5.03. The molecule has 190 valence electrons. The molecule has 3 heterocycles. The first-order valence-corrected chi connectivity index (χ1v) is 14.3. The summed E-state index contributed by atoms with van der Waals surface area (Å²) in [4.78, 5) is 19.5. The molecule has 37 heavy (non-hydrogen) atoms. The molecule has 0 N–H and O–H groups in total. The van der Waals surface area contributed by atoms with Gasteiger partial charge < -0.3 is 4.74 Å². The number of hydrogen-bond acceptors (Lipinski definition) is 5. The molecule has 1 saturated carbocycles. The third kappa shape index (κ3) is 4.05. The topological polar surface area (TPSA) is 81.5 Å². The molecule has 1 aliphatic heterocycles. The number of aromatic nitrogens is 2. The largest absolute Gasteiger partial charge is 0.443 e. The number of anilines is 1. The van der Waals surface area contributed by atoms with Crippen molar-refractivity contribution >= 4 is 48.8 Å². The van der Waals surface area contributed by atoms with Gasteiger partial charge in [-0.15, -0.1) is 0 Å². The zero-order valence-corrected chi connectivity index (χ0v) is 23.1. The van der Waals surface area contributed by atoms with Crippen LogP contribution in [0.3, 0.4) is 0 Å². The van der Waals surface area contributed by atoms with E-state index in [2.05, 4.69) is 22.0 Å². The smallest absolute Gasteiger partial charge is 0.416 e. The lowest BCUT2D eigenvalue weighted by molar-refractivity contribution is 0.0580. The summed E-state index contributed by atoms with van der Waals surface area (Å²) in [5.74, 6) is 0.624. The maximum atomic E-state index is 13.6. The van der Waals surface area contributed by atoms with E-state index in [1.807, 2.05) is 39.0 Å². The van der Waals surface area contributed by atoms with Gasteiger partial charge in [-0.05, 0) is 63.9 Å². The molecule has 0 saturated heterocycles. The Bertz CT molecular complexity index is 1670. The SMILES string of the molecule is CC(C)(C)OC(=O)N1CC2(CC2)c2cc(-c3cn(S(=O)(=O)c4ccccc4)c4cc(Br)ccc34)cnc21. The van der Waals surface area contributed by atoms with Gasteiger partial charge >= 0.3 is 6.09 Å². The Hall–Kier alpha value is -3.17. The maximum Gasteiger partial charge on any atom is 0.416 e. The summed E-state index contributed by atoms with van der Waals surface area (Å²) in [6.45, 7) is 6.10. The molecule has 0 atom stereocenters. The van der Waals surface area contributed by atoms with E-state index in [4.69, 9.17) is 9.72 Å². The standard InChI is InChI=1S/C28H26BrN3O4S/c1-27(2,3)36-26(33)31-17-28(11-12-28)23-13-18(15-30-25(23)31)22-16-32(24-14-19(29)9-10-21(22)24)37(34,35)20-7-5-4-6-8-20/h4-10,13-16H,11-12,17H2,1-3H3. The van der Waals surface area contributed by atoms with Gasteiger partial charge in [-0.3, -0.25) is 4.90 Å². The summed E-state index contributed by atoms with van der Waals surface area (Å²) in [5, 5.41) is 0.802. The highest BCUT2D eigenvalue weighted by molar-refractivity contribution is 9.10. The van der Waals surface area contributed by atoms with E-state index in [1.54, 1.807) is 47.6 Å². The van der Waals surface area contributed by atoms with E-state index in [0.29, 0.717) is 17.9 Å². The van der Waals surface area contributed by atoms with Crippen LogP contribution in [0, 0.1) is 0 Å². The van der Waals surface area contributed by atoms with Gasteiger partial charge in [0.05, 0.1) is 10.4 Å². The van der Waals surface area contributed by atoms with Crippen LogP contribution in [0.15, 0.2) is 76.4 Å². The Morgan fingerprint density at radius 2 is 1.81 bits per heavy atom. The van der Waals surface area contributed by atoms with E-state index >= 15 is 0 Å². The molecular weight excluding hydrogens is 554 g/mol. The summed E-state index contributed by atoms with van der Waals surface area (Å²) in [5.41, 5.74) is 2.45. The minimum Gasteiger partial charge on any atom is -0.443 e. The van der Waals surface area contributed by atoms with Crippen LogP contribution in [-0.2, 0) is 20.2 Å². The molecule has 2 aliphatic rings. The van der Waals surface area contributed by atoms with Crippen molar-refractivity contribution in [1.29, 1.82) is 0 Å². The van der Waals surface area contributed by atoms with Crippen LogP contribution in [0.2, 0.25) is 0 Å². The summed E-state index contributed by atoms with van der Waals surface area (Å²) in [6.07, 6.45) is 4.94. The van der Waals surface area contributed by atoms with Gasteiger partial charge in [0.25, 0.3) is 10.0 Å². The second-order valence-electron chi connectivity index (χ2n) is 10.8. The Morgan fingerprint density at radius 1 is 1.08 bits per heavy atom. The molecule has 0 unspecified atom stereocenters. The van der Waals surface area contributed by atoms with Crippen molar-refractivity contribution in [2.75, 3.05) is 11.4 Å². The maximum absolute atomic E-state index is 13.6. The third-order valence-corrected chi connectivity index (χ3v) is 9.15. The summed E-state index contributed by atoms with van der Waals surface area (Å²) >= 11 is 3.49. The molecule has 0 bridgehead atoms. The van der Waals surface area contributed by atoms with E-state index in [1.165, 1.54) is 3.97 Å². The van der Waals surface area contributed by atoms with Gasteiger partial charge in [-0.25, -0.2) is 22.2 Å². The average molecular weight is 581 g/mol. The van der Waals surface area contributed by atoms with Crippen LogP contribution in [0.4, 0.5) is 10.6 Å². The molecule has 9 heteroatoms. The number of ether oxygens (including phenoxy) is 1. The minimum absolute atomic E-state index is 0.118. The van der Waals surface area contributed by atoms with Crippen LogP contribution < -0.4 is 4.90 Å². The van der Waals surface area contributed by atoms with Gasteiger partial charge in [0, 0.05) is 50.9 Å². The zero-order valence-electron chi connectivity index (χ0n) is 20.7. The summed E-state index contributed by atoms with van der Waals surface area (Å²) in [7, 11) is -3.82. The highest BCUT2D eigenvalue weighted by Crippen LogP contribution is 2.56. The van der Waals surface area contributed by atoms with Crippen molar-refractivity contribution in [3.63, 3.8) is 0 Å². The number of amides is 1. The lowest BCUT2D eigenvalue weighted by Crippen LogP contribution is -2.37. The lowest BCUT2D eigenvalue weighted by Gasteiger charge is -2.24. The molecule has 4 aromatic rings. The monoisotopic (exact) mass is 579 g/mol. The normalized spacial score (nSPS) is 16.3. The van der Waals surface area contributed by atoms with Crippen molar-refractivity contribution in [2.45, 2.75) is 49.5 Å². The van der Waals surface area contributed by atoms with Gasteiger partial charge in [-0.2, -0.15) is 0 Å². The lowest BCUT2D eigenvalue weighted by atomic mass is 9.97. The number of fused-ring (bicyclic) bond motifs is 3. The van der Waals surface area contributed by atoms with Crippen molar-refractivity contribution in [1.82, 2.24) is 8.96 Å². The first-order valence-electron chi connectivity index (χ1n) is 12.1. The second kappa shape index (κ2) is 8.16. The van der Waals surface area contributed by atoms with Crippen LogP contribution >= 0.6 is 15.9 Å². The highest BCUT2D eigenvalue weighted by atomic mass is 79.9. The van der Waals surface area contributed by atoms with Gasteiger partial charge in [0.15, 0.2) is 0 Å². The quantitative estimate of drug-likeness (QED) is 0.277. The second-order valence-corrected chi connectivity index (χ2v) is 13.5. The molecule has 1 aliphatic carbocycles. The summed E-state index contributed by atoms with van der Waals surface area (Å²) in [6, 6.07) is 16.1. The number of nitrogens with zero attached hydrogens (tertiary/aromatic N) is 3. The number of benzene rings is 2. The summed E-state index contributed by atoms with van der Waals surface area (Å²) < 4.78 is 35.0. The first-order chi connectivity index (χ1) is 17.5. The number of carbonyl (C=O) groups excluding carboxylic acids is 1. The number of pyridine rings is 1. The molecule has 1 spiro atoms. The van der Waals surface area contributed by atoms with Crippen LogP contribution in [0.1, 0.15) is 39.2 Å². The number of hydrogen-bond donors (Lipinski definition) is 0. The fourth-order valence-corrected chi connectivity index (χ4v) is 6.76. The molecule has 7 nitrogen and oxygen atoms in total. The fraction of sp³-hybridized carbons (Fsp3) is 0.286. The Balaban J connectivity index is 1.48. The van der Waals surface area contributed by atoms with Crippen LogP contribution in [0.5, 0.6) is 0 Å². The van der Waals surface area contributed by atoms with Crippen molar-refractivity contribution in [3.8, 4) is 11.1 Å².